The fourth-order valence-corrected chi connectivity index (χ4v) is 2.10. The highest BCUT2D eigenvalue weighted by Crippen LogP contribution is 2.32. The van der Waals surface area contributed by atoms with E-state index in [-0.39, 0.29) is 6.61 Å². The number of nitrogens with zero attached hydrogens (tertiary/aromatic N) is 2. The van der Waals surface area contributed by atoms with Crippen LogP contribution in [0.3, 0.4) is 0 Å². The second-order valence-electron chi connectivity index (χ2n) is 4.02. The van der Waals surface area contributed by atoms with Crippen LogP contribution in [-0.4, -0.2) is 11.6 Å². The Balaban J connectivity index is 0.000000452. The molecule has 2 aromatic carbocycles. The zero-order valence-electron chi connectivity index (χ0n) is 11.1. The van der Waals surface area contributed by atoms with Crippen LogP contribution in [0.1, 0.15) is 6.92 Å². The molecular formula is C16H13N3O. The van der Waals surface area contributed by atoms with Gasteiger partial charge in [0, 0.05) is 23.2 Å². The smallest absolute Gasteiger partial charge is 0.174 e. The van der Waals surface area contributed by atoms with Gasteiger partial charge < -0.3 is 9.72 Å². The number of hydrogen-bond donors (Lipinski definition) is 1. The fourth-order valence-electron chi connectivity index (χ4n) is 2.10. The zero-order valence-corrected chi connectivity index (χ0v) is 11.1. The molecule has 0 aliphatic heterocycles. The van der Waals surface area contributed by atoms with Crippen molar-refractivity contribution in [1.82, 2.24) is 4.98 Å². The lowest BCUT2D eigenvalue weighted by molar-refractivity contribution is 0.373. The first-order chi connectivity index (χ1) is 9.81. The number of rotatable bonds is 2. The number of nitriles is 2. The number of aromatic amines is 1. The summed E-state index contributed by atoms with van der Waals surface area (Å²) in [4.78, 5) is 3.33. The third kappa shape index (κ3) is 2.55. The SMILES string of the molecule is CC#N.N#CCOc1cccc2[nH]c3ccccc3c12. The van der Waals surface area contributed by atoms with E-state index in [1.54, 1.807) is 6.07 Å². The van der Waals surface area contributed by atoms with E-state index in [0.717, 1.165) is 27.6 Å². The van der Waals surface area contributed by atoms with Gasteiger partial charge in [0.1, 0.15) is 11.8 Å². The Labute approximate surface area is 116 Å². The van der Waals surface area contributed by atoms with E-state index >= 15 is 0 Å². The Morgan fingerprint density at radius 1 is 1.05 bits per heavy atom. The van der Waals surface area contributed by atoms with Gasteiger partial charge in [-0.15, -0.1) is 0 Å². The van der Waals surface area contributed by atoms with E-state index in [4.69, 9.17) is 15.3 Å². The zero-order chi connectivity index (χ0) is 14.4. The van der Waals surface area contributed by atoms with Gasteiger partial charge in [-0.05, 0) is 18.2 Å². The third-order valence-corrected chi connectivity index (χ3v) is 2.78. The van der Waals surface area contributed by atoms with E-state index in [2.05, 4.69) is 4.98 Å². The molecule has 0 aliphatic carbocycles. The summed E-state index contributed by atoms with van der Waals surface area (Å²) in [6.07, 6.45) is 0. The number of hydrogen-bond acceptors (Lipinski definition) is 3. The molecular weight excluding hydrogens is 250 g/mol. The van der Waals surface area contributed by atoms with Crippen molar-refractivity contribution in [2.45, 2.75) is 6.92 Å². The average Bonchev–Trinajstić information content (AvgIpc) is 2.85. The number of benzene rings is 2. The van der Waals surface area contributed by atoms with Crippen LogP contribution in [0.25, 0.3) is 21.8 Å². The second kappa shape index (κ2) is 6.26. The summed E-state index contributed by atoms with van der Waals surface area (Å²) < 4.78 is 5.45. The van der Waals surface area contributed by atoms with Gasteiger partial charge in [-0.25, -0.2) is 0 Å². The molecule has 0 bridgehead atoms. The molecule has 1 heterocycles. The minimum absolute atomic E-state index is 0.0681. The van der Waals surface area contributed by atoms with Gasteiger partial charge >= 0.3 is 0 Å². The van der Waals surface area contributed by atoms with Crippen molar-refractivity contribution in [2.75, 3.05) is 6.61 Å². The van der Waals surface area contributed by atoms with Gasteiger partial charge in [0.25, 0.3) is 0 Å². The van der Waals surface area contributed by atoms with E-state index in [0.29, 0.717) is 0 Å². The molecule has 0 aliphatic rings. The van der Waals surface area contributed by atoms with Gasteiger partial charge in [0.05, 0.1) is 11.6 Å². The highest BCUT2D eigenvalue weighted by molar-refractivity contribution is 6.10. The van der Waals surface area contributed by atoms with Gasteiger partial charge in [-0.2, -0.15) is 10.5 Å². The molecule has 0 saturated heterocycles. The van der Waals surface area contributed by atoms with Crippen LogP contribution in [0.2, 0.25) is 0 Å². The molecule has 1 aromatic heterocycles. The lowest BCUT2D eigenvalue weighted by Gasteiger charge is -2.03. The molecule has 1 N–H and O–H groups in total. The van der Waals surface area contributed by atoms with Crippen LogP contribution < -0.4 is 4.74 Å². The molecule has 0 amide bonds. The lowest BCUT2D eigenvalue weighted by Crippen LogP contribution is -1.93. The Morgan fingerprint density at radius 3 is 2.50 bits per heavy atom. The monoisotopic (exact) mass is 263 g/mol. The molecule has 0 radical (unpaired) electrons. The van der Waals surface area contributed by atoms with Gasteiger partial charge in [0.15, 0.2) is 6.61 Å². The highest BCUT2D eigenvalue weighted by Gasteiger charge is 2.08. The highest BCUT2D eigenvalue weighted by atomic mass is 16.5. The first-order valence-electron chi connectivity index (χ1n) is 6.11. The first kappa shape index (κ1) is 13.5. The van der Waals surface area contributed by atoms with E-state index in [1.807, 2.05) is 48.5 Å². The van der Waals surface area contributed by atoms with Gasteiger partial charge in [-0.1, -0.05) is 24.3 Å². The molecule has 0 atom stereocenters. The molecule has 3 rings (SSSR count). The standard InChI is InChI=1S/C14H10N2O.C2H3N/c15-8-9-17-13-7-3-6-12-14(13)10-4-1-2-5-11(10)16-12;1-2-3/h1-7,16H,9H2;1H3. The maximum Gasteiger partial charge on any atom is 0.174 e. The molecule has 0 fully saturated rings. The van der Waals surface area contributed by atoms with Crippen molar-refractivity contribution in [3.63, 3.8) is 0 Å². The molecule has 0 unspecified atom stereocenters. The van der Waals surface area contributed by atoms with Crippen molar-refractivity contribution in [1.29, 1.82) is 10.5 Å². The van der Waals surface area contributed by atoms with Crippen molar-refractivity contribution < 1.29 is 4.74 Å². The number of ether oxygens (including phenoxy) is 1. The van der Waals surface area contributed by atoms with Crippen LogP contribution in [0.15, 0.2) is 42.5 Å². The quantitative estimate of drug-likeness (QED) is 0.765. The minimum Gasteiger partial charge on any atom is -0.478 e. The van der Waals surface area contributed by atoms with Crippen molar-refractivity contribution in [3.8, 4) is 17.9 Å². The molecule has 4 nitrogen and oxygen atoms in total. The van der Waals surface area contributed by atoms with Crippen LogP contribution in [0.5, 0.6) is 5.75 Å². The second-order valence-corrected chi connectivity index (χ2v) is 4.02. The van der Waals surface area contributed by atoms with E-state index in [1.165, 1.54) is 6.92 Å². The molecule has 0 saturated carbocycles. The maximum absolute atomic E-state index is 8.58. The largest absolute Gasteiger partial charge is 0.478 e. The summed E-state index contributed by atoms with van der Waals surface area (Å²) in [5.74, 6) is 0.751. The topological polar surface area (TPSA) is 72.6 Å². The van der Waals surface area contributed by atoms with E-state index < -0.39 is 0 Å². The summed E-state index contributed by atoms with van der Waals surface area (Å²) in [5, 5.41) is 18.1. The Kier molecular flexibility index (Phi) is 4.21. The van der Waals surface area contributed by atoms with Crippen molar-refractivity contribution in [2.24, 2.45) is 0 Å². The maximum atomic E-state index is 8.58. The summed E-state index contributed by atoms with van der Waals surface area (Å²) in [6.45, 7) is 1.50. The number of fused-ring (bicyclic) bond motifs is 3. The van der Waals surface area contributed by atoms with Gasteiger partial charge in [0.2, 0.25) is 0 Å². The fraction of sp³-hybridized carbons (Fsp3) is 0.125. The van der Waals surface area contributed by atoms with Crippen LogP contribution >= 0.6 is 0 Å². The number of para-hydroxylation sites is 1. The van der Waals surface area contributed by atoms with Crippen molar-refractivity contribution >= 4 is 21.8 Å². The van der Waals surface area contributed by atoms with Crippen molar-refractivity contribution in [3.05, 3.63) is 42.5 Å². The normalized spacial score (nSPS) is 9.35. The first-order valence-corrected chi connectivity index (χ1v) is 6.11. The number of aromatic nitrogens is 1. The molecule has 0 spiro atoms. The lowest BCUT2D eigenvalue weighted by atomic mass is 10.1. The molecule has 98 valence electrons. The summed E-state index contributed by atoms with van der Waals surface area (Å²) >= 11 is 0. The Bertz CT molecular complexity index is 806. The third-order valence-electron chi connectivity index (χ3n) is 2.78. The molecule has 20 heavy (non-hydrogen) atoms. The molecule has 4 heteroatoms. The van der Waals surface area contributed by atoms with Crippen LogP contribution in [0.4, 0.5) is 0 Å². The molecule has 3 aromatic rings. The minimum atomic E-state index is 0.0681. The predicted molar refractivity (Wildman–Crippen MR) is 78.2 cm³/mol. The Hall–Kier alpha value is -2.98. The number of H-pyrrole nitrogens is 1. The van der Waals surface area contributed by atoms with E-state index in [9.17, 15) is 0 Å². The summed E-state index contributed by atoms with van der Waals surface area (Å²) in [5.41, 5.74) is 2.11. The average molecular weight is 263 g/mol. The summed E-state index contributed by atoms with van der Waals surface area (Å²) in [7, 11) is 0. The number of nitrogens with one attached hydrogen (secondary N) is 1. The Morgan fingerprint density at radius 2 is 1.75 bits per heavy atom. The van der Waals surface area contributed by atoms with Crippen LogP contribution in [0, 0.1) is 22.7 Å². The van der Waals surface area contributed by atoms with Crippen LogP contribution in [-0.2, 0) is 0 Å². The summed E-state index contributed by atoms with van der Waals surface area (Å²) in [6, 6.07) is 17.6. The van der Waals surface area contributed by atoms with Gasteiger partial charge in [-0.3, -0.25) is 0 Å². The predicted octanol–water partition coefficient (Wildman–Crippen LogP) is 3.75.